The van der Waals surface area contributed by atoms with E-state index in [0.29, 0.717) is 6.42 Å². The first kappa shape index (κ1) is 32.5. The third kappa shape index (κ3) is 7.75. The summed E-state index contributed by atoms with van der Waals surface area (Å²) in [6.45, 7) is -0.906. The van der Waals surface area contributed by atoms with E-state index in [1.807, 2.05) is 0 Å². The molecule has 0 bridgehead atoms. The number of halogens is 12. The van der Waals surface area contributed by atoms with Crippen molar-refractivity contribution in [1.82, 2.24) is 0 Å². The molecule has 0 aliphatic carbocycles. The van der Waals surface area contributed by atoms with Gasteiger partial charge in [0.2, 0.25) is 0 Å². The van der Waals surface area contributed by atoms with E-state index >= 15 is 0 Å². The van der Waals surface area contributed by atoms with Crippen molar-refractivity contribution in [2.75, 3.05) is 5.75 Å². The Morgan fingerprint density at radius 3 is 1.06 bits per heavy atom. The standard InChI is InChI=1S/C20H30F12S/c1-15(21,22)17(25,26)19(29,30)20(31,32)18(27,28)16(23,24)13-11-9-7-5-3-2-4-6-8-10-12-14-33/h33H,2-14H2,1H3. The molecule has 0 unspecified atom stereocenters. The summed E-state index contributed by atoms with van der Waals surface area (Å²) in [7, 11) is 0. The van der Waals surface area contributed by atoms with Crippen molar-refractivity contribution in [3.63, 3.8) is 0 Å². The van der Waals surface area contributed by atoms with Gasteiger partial charge in [0.05, 0.1) is 0 Å². The van der Waals surface area contributed by atoms with E-state index in [1.54, 1.807) is 0 Å². The Kier molecular flexibility index (Phi) is 12.3. The normalized spacial score (nSPS) is 14.7. The van der Waals surface area contributed by atoms with Gasteiger partial charge in [0.1, 0.15) is 0 Å². The highest BCUT2D eigenvalue weighted by atomic mass is 32.1. The largest absolute Gasteiger partial charge is 0.384 e. The molecule has 200 valence electrons. The molecular weight excluding hydrogens is 500 g/mol. The topological polar surface area (TPSA) is 0 Å². The smallest absolute Gasteiger partial charge is 0.200 e. The molecule has 0 N–H and O–H groups in total. The monoisotopic (exact) mass is 530 g/mol. The van der Waals surface area contributed by atoms with E-state index in [2.05, 4.69) is 12.6 Å². The number of hydrogen-bond donors (Lipinski definition) is 1. The molecule has 0 amide bonds. The molecule has 0 aromatic heterocycles. The van der Waals surface area contributed by atoms with E-state index in [-0.39, 0.29) is 12.8 Å². The van der Waals surface area contributed by atoms with E-state index in [9.17, 15) is 52.7 Å². The first-order valence-corrected chi connectivity index (χ1v) is 11.3. The zero-order valence-electron chi connectivity index (χ0n) is 18.2. The molecule has 0 aromatic rings. The Balaban J connectivity index is 4.73. The third-order valence-corrected chi connectivity index (χ3v) is 5.66. The second kappa shape index (κ2) is 12.5. The quantitative estimate of drug-likeness (QED) is 0.102. The zero-order chi connectivity index (χ0) is 26.2. The molecule has 0 nitrogen and oxygen atoms in total. The van der Waals surface area contributed by atoms with Crippen LogP contribution in [0.15, 0.2) is 0 Å². The minimum Gasteiger partial charge on any atom is -0.200 e. The van der Waals surface area contributed by atoms with Crippen LogP contribution in [0.25, 0.3) is 0 Å². The SMILES string of the molecule is CC(F)(F)C(F)(F)C(F)(F)C(F)(F)C(F)(F)C(F)(F)CCCCCCCCCCCCCS. The van der Waals surface area contributed by atoms with Crippen molar-refractivity contribution in [2.45, 2.75) is 120 Å². The summed E-state index contributed by atoms with van der Waals surface area (Å²) in [5.41, 5.74) is 0. The van der Waals surface area contributed by atoms with Gasteiger partial charge in [-0.25, -0.2) is 0 Å². The lowest BCUT2D eigenvalue weighted by Crippen LogP contribution is -2.70. The Hall–Kier alpha value is -0.490. The lowest BCUT2D eigenvalue weighted by Gasteiger charge is -2.40. The predicted molar refractivity (Wildman–Crippen MR) is 105 cm³/mol. The van der Waals surface area contributed by atoms with Gasteiger partial charge in [-0.3, -0.25) is 0 Å². The van der Waals surface area contributed by atoms with Crippen LogP contribution in [0.5, 0.6) is 0 Å². The van der Waals surface area contributed by atoms with E-state index < -0.39 is 55.3 Å². The van der Waals surface area contributed by atoms with Gasteiger partial charge in [-0.1, -0.05) is 57.8 Å². The van der Waals surface area contributed by atoms with Crippen LogP contribution in [0.1, 0.15) is 84.0 Å². The zero-order valence-corrected chi connectivity index (χ0v) is 19.1. The maximum Gasteiger partial charge on any atom is 0.384 e. The van der Waals surface area contributed by atoms with Crippen LogP contribution in [0.3, 0.4) is 0 Å². The number of hydrogen-bond acceptors (Lipinski definition) is 1. The molecule has 33 heavy (non-hydrogen) atoms. The molecular formula is C20H30F12S. The molecule has 0 atom stereocenters. The average Bonchev–Trinajstić information content (AvgIpc) is 2.67. The highest BCUT2D eigenvalue weighted by Crippen LogP contribution is 2.60. The summed E-state index contributed by atoms with van der Waals surface area (Å²) >= 11 is 4.08. The molecule has 0 radical (unpaired) electrons. The van der Waals surface area contributed by atoms with Gasteiger partial charge in [-0.05, 0) is 18.6 Å². The van der Waals surface area contributed by atoms with Crippen LogP contribution < -0.4 is 0 Å². The van der Waals surface area contributed by atoms with Crippen LogP contribution in [0.4, 0.5) is 52.7 Å². The van der Waals surface area contributed by atoms with Crippen molar-refractivity contribution >= 4 is 12.6 Å². The van der Waals surface area contributed by atoms with E-state index in [4.69, 9.17) is 0 Å². The Morgan fingerprint density at radius 1 is 0.424 bits per heavy atom. The van der Waals surface area contributed by atoms with Crippen molar-refractivity contribution < 1.29 is 52.7 Å². The second-order valence-corrected chi connectivity index (χ2v) is 8.70. The molecule has 0 aliphatic heterocycles. The van der Waals surface area contributed by atoms with Crippen LogP contribution >= 0.6 is 12.6 Å². The Labute approximate surface area is 191 Å². The van der Waals surface area contributed by atoms with Gasteiger partial charge in [-0.2, -0.15) is 65.3 Å². The minimum atomic E-state index is -7.45. The lowest BCUT2D eigenvalue weighted by atomic mass is 9.90. The number of alkyl halides is 12. The summed E-state index contributed by atoms with van der Waals surface area (Å²) in [4.78, 5) is 0. The van der Waals surface area contributed by atoms with Crippen molar-refractivity contribution in [3.8, 4) is 0 Å². The summed E-state index contributed by atoms with van der Waals surface area (Å²) < 4.78 is 160. The maximum atomic E-state index is 13.7. The van der Waals surface area contributed by atoms with Crippen molar-refractivity contribution in [1.29, 1.82) is 0 Å². The van der Waals surface area contributed by atoms with E-state index in [1.165, 1.54) is 0 Å². The summed E-state index contributed by atoms with van der Waals surface area (Å²) in [6.07, 6.45) is 4.62. The first-order valence-electron chi connectivity index (χ1n) is 10.7. The number of rotatable bonds is 18. The summed E-state index contributed by atoms with van der Waals surface area (Å²) in [5.74, 6) is -39.8. The van der Waals surface area contributed by atoms with Crippen LogP contribution in [-0.4, -0.2) is 41.3 Å². The van der Waals surface area contributed by atoms with Crippen LogP contribution in [0.2, 0.25) is 0 Å². The Bertz CT molecular complexity index is 558. The fraction of sp³-hybridized carbons (Fsp3) is 1.00. The highest BCUT2D eigenvalue weighted by Gasteiger charge is 2.89. The molecule has 0 saturated carbocycles. The van der Waals surface area contributed by atoms with Gasteiger partial charge < -0.3 is 0 Å². The molecule has 0 aliphatic rings. The van der Waals surface area contributed by atoms with Gasteiger partial charge in [-0.15, -0.1) is 0 Å². The molecule has 13 heteroatoms. The molecule has 0 aromatic carbocycles. The predicted octanol–water partition coefficient (Wildman–Crippen LogP) is 9.43. The number of thiol groups is 1. The summed E-state index contributed by atoms with van der Waals surface area (Å²) in [6, 6.07) is 0. The van der Waals surface area contributed by atoms with Crippen LogP contribution in [0, 0.1) is 0 Å². The second-order valence-electron chi connectivity index (χ2n) is 8.25. The van der Waals surface area contributed by atoms with Crippen molar-refractivity contribution in [3.05, 3.63) is 0 Å². The third-order valence-electron chi connectivity index (χ3n) is 5.34. The van der Waals surface area contributed by atoms with Gasteiger partial charge in [0, 0.05) is 13.3 Å². The maximum absolute atomic E-state index is 13.7. The van der Waals surface area contributed by atoms with E-state index in [0.717, 1.165) is 50.7 Å². The first-order chi connectivity index (χ1) is 14.8. The number of unbranched alkanes of at least 4 members (excludes halogenated alkanes) is 10. The molecule has 0 saturated heterocycles. The molecule has 0 spiro atoms. The lowest BCUT2D eigenvalue weighted by molar-refractivity contribution is -0.423. The summed E-state index contributed by atoms with van der Waals surface area (Å²) in [5, 5.41) is 0. The van der Waals surface area contributed by atoms with Crippen LogP contribution in [-0.2, 0) is 0 Å². The molecule has 0 fully saturated rings. The Morgan fingerprint density at radius 2 is 0.727 bits per heavy atom. The van der Waals surface area contributed by atoms with Gasteiger partial charge >= 0.3 is 35.5 Å². The fourth-order valence-corrected chi connectivity index (χ4v) is 3.33. The minimum absolute atomic E-state index is 0.112. The highest BCUT2D eigenvalue weighted by molar-refractivity contribution is 7.80. The fourth-order valence-electron chi connectivity index (χ4n) is 3.11. The molecule has 0 heterocycles. The van der Waals surface area contributed by atoms with Gasteiger partial charge in [0.15, 0.2) is 0 Å². The molecule has 0 rings (SSSR count). The van der Waals surface area contributed by atoms with Crippen molar-refractivity contribution in [2.24, 2.45) is 0 Å². The average molecular weight is 531 g/mol. The van der Waals surface area contributed by atoms with Gasteiger partial charge in [0.25, 0.3) is 0 Å².